The van der Waals surface area contributed by atoms with Crippen LogP contribution in [0, 0.1) is 5.92 Å². The average molecular weight is 199 g/mol. The monoisotopic (exact) mass is 199 g/mol. The van der Waals surface area contributed by atoms with Crippen LogP contribution in [0.2, 0.25) is 0 Å². The molecule has 0 saturated carbocycles. The van der Waals surface area contributed by atoms with Gasteiger partial charge in [-0.15, -0.1) is 0 Å². The topological polar surface area (TPSA) is 37.4 Å². The maximum atomic E-state index is 11.7. The van der Waals surface area contributed by atoms with E-state index in [9.17, 15) is 9.59 Å². The standard InChI is InChI=1S/C9H13NO2S/c1-6-5-13-9(12)7-3-2-4-10(7)8(6)11/h6-7H,2-5H2,1H3/t6-,7+/m0/s1. The lowest BCUT2D eigenvalue weighted by Crippen LogP contribution is -2.39. The van der Waals surface area contributed by atoms with Gasteiger partial charge < -0.3 is 4.90 Å². The summed E-state index contributed by atoms with van der Waals surface area (Å²) in [5, 5.41) is 0.190. The first-order valence-electron chi connectivity index (χ1n) is 4.67. The van der Waals surface area contributed by atoms with Crippen molar-refractivity contribution in [3.8, 4) is 0 Å². The summed E-state index contributed by atoms with van der Waals surface area (Å²) >= 11 is 1.33. The summed E-state index contributed by atoms with van der Waals surface area (Å²) in [4.78, 5) is 25.1. The molecule has 2 aliphatic heterocycles. The first-order chi connectivity index (χ1) is 6.20. The van der Waals surface area contributed by atoms with Gasteiger partial charge in [0, 0.05) is 18.2 Å². The molecule has 2 saturated heterocycles. The number of rotatable bonds is 0. The van der Waals surface area contributed by atoms with E-state index in [4.69, 9.17) is 0 Å². The summed E-state index contributed by atoms with van der Waals surface area (Å²) < 4.78 is 0. The third-order valence-corrected chi connectivity index (χ3v) is 3.93. The Kier molecular flexibility index (Phi) is 2.32. The molecule has 0 spiro atoms. The minimum absolute atomic E-state index is 0.0112. The first-order valence-corrected chi connectivity index (χ1v) is 5.66. The van der Waals surface area contributed by atoms with Gasteiger partial charge in [0.05, 0.1) is 0 Å². The van der Waals surface area contributed by atoms with Crippen LogP contribution in [0.4, 0.5) is 0 Å². The van der Waals surface area contributed by atoms with Gasteiger partial charge in [0.2, 0.25) is 11.0 Å². The molecule has 0 N–H and O–H groups in total. The lowest BCUT2D eigenvalue weighted by molar-refractivity contribution is -0.137. The van der Waals surface area contributed by atoms with E-state index in [2.05, 4.69) is 0 Å². The largest absolute Gasteiger partial charge is 0.331 e. The zero-order valence-corrected chi connectivity index (χ0v) is 8.47. The molecule has 0 aliphatic carbocycles. The number of hydrogen-bond acceptors (Lipinski definition) is 3. The van der Waals surface area contributed by atoms with Gasteiger partial charge >= 0.3 is 0 Å². The van der Waals surface area contributed by atoms with Crippen molar-refractivity contribution < 1.29 is 9.59 Å². The van der Waals surface area contributed by atoms with Crippen LogP contribution in [0.5, 0.6) is 0 Å². The number of hydrogen-bond donors (Lipinski definition) is 0. The van der Waals surface area contributed by atoms with Crippen LogP contribution < -0.4 is 0 Å². The van der Waals surface area contributed by atoms with Crippen LogP contribution >= 0.6 is 11.8 Å². The first kappa shape index (κ1) is 9.06. The van der Waals surface area contributed by atoms with Gasteiger partial charge in [0.15, 0.2) is 0 Å². The summed E-state index contributed by atoms with van der Waals surface area (Å²) in [5.74, 6) is 0.836. The predicted octanol–water partition coefficient (Wildman–Crippen LogP) is 0.887. The number of carbonyl (C=O) groups is 2. The highest BCUT2D eigenvalue weighted by Gasteiger charge is 2.38. The summed E-state index contributed by atoms with van der Waals surface area (Å²) in [6, 6.07) is -0.109. The second kappa shape index (κ2) is 3.33. The molecule has 2 atom stereocenters. The summed E-state index contributed by atoms with van der Waals surface area (Å²) in [7, 11) is 0. The molecule has 2 heterocycles. The summed E-state index contributed by atoms with van der Waals surface area (Å²) in [6.45, 7) is 2.68. The van der Waals surface area contributed by atoms with Crippen molar-refractivity contribution in [3.63, 3.8) is 0 Å². The Morgan fingerprint density at radius 3 is 3.00 bits per heavy atom. The Labute approximate surface area is 81.9 Å². The van der Waals surface area contributed by atoms with Crippen molar-refractivity contribution >= 4 is 22.8 Å². The Balaban J connectivity index is 2.24. The van der Waals surface area contributed by atoms with Gasteiger partial charge in [-0.25, -0.2) is 0 Å². The van der Waals surface area contributed by atoms with Crippen LogP contribution in [0.3, 0.4) is 0 Å². The van der Waals surface area contributed by atoms with Crippen LogP contribution in [0.15, 0.2) is 0 Å². The second-order valence-electron chi connectivity index (χ2n) is 3.72. The summed E-state index contributed by atoms with van der Waals surface area (Å²) in [6.07, 6.45) is 1.85. The van der Waals surface area contributed by atoms with Crippen LogP contribution in [-0.4, -0.2) is 34.3 Å². The van der Waals surface area contributed by atoms with Crippen molar-refractivity contribution in [1.82, 2.24) is 4.90 Å². The molecule has 72 valence electrons. The molecule has 0 aromatic carbocycles. The third kappa shape index (κ3) is 1.47. The number of thioether (sulfide) groups is 1. The molecule has 13 heavy (non-hydrogen) atoms. The molecule has 4 heteroatoms. The average Bonchev–Trinajstić information content (AvgIpc) is 2.57. The molecule has 0 bridgehead atoms. The van der Waals surface area contributed by atoms with Gasteiger partial charge in [-0.05, 0) is 12.8 Å². The van der Waals surface area contributed by atoms with Gasteiger partial charge in [-0.3, -0.25) is 9.59 Å². The van der Waals surface area contributed by atoms with Crippen LogP contribution in [-0.2, 0) is 9.59 Å². The van der Waals surface area contributed by atoms with Crippen molar-refractivity contribution in [2.45, 2.75) is 25.8 Å². The zero-order valence-electron chi connectivity index (χ0n) is 7.66. The highest BCUT2D eigenvalue weighted by Crippen LogP contribution is 2.29. The van der Waals surface area contributed by atoms with E-state index in [1.165, 1.54) is 11.8 Å². The molecule has 2 aliphatic rings. The minimum atomic E-state index is -0.109. The van der Waals surface area contributed by atoms with Gasteiger partial charge in [0.25, 0.3) is 0 Å². The highest BCUT2D eigenvalue weighted by atomic mass is 32.2. The zero-order chi connectivity index (χ0) is 9.42. The fourth-order valence-corrected chi connectivity index (χ4v) is 2.93. The lowest BCUT2D eigenvalue weighted by Gasteiger charge is -2.21. The molecular weight excluding hydrogens is 186 g/mol. The molecule has 0 unspecified atom stereocenters. The van der Waals surface area contributed by atoms with E-state index in [0.717, 1.165) is 19.4 Å². The normalized spacial score (nSPS) is 34.7. The Hall–Kier alpha value is -0.510. The van der Waals surface area contributed by atoms with E-state index in [1.54, 1.807) is 4.90 Å². The van der Waals surface area contributed by atoms with E-state index >= 15 is 0 Å². The maximum Gasteiger partial charge on any atom is 0.226 e. The molecule has 3 nitrogen and oxygen atoms in total. The molecule has 1 amide bonds. The number of nitrogens with zero attached hydrogens (tertiary/aromatic N) is 1. The van der Waals surface area contributed by atoms with Gasteiger partial charge in [0.1, 0.15) is 6.04 Å². The third-order valence-electron chi connectivity index (χ3n) is 2.71. The summed E-state index contributed by atoms with van der Waals surface area (Å²) in [5.41, 5.74) is 0. The molecule has 0 aromatic rings. The smallest absolute Gasteiger partial charge is 0.226 e. The second-order valence-corrected chi connectivity index (χ2v) is 4.75. The van der Waals surface area contributed by atoms with Crippen LogP contribution in [0.25, 0.3) is 0 Å². The van der Waals surface area contributed by atoms with E-state index in [1.807, 2.05) is 6.92 Å². The predicted molar refractivity (Wildman–Crippen MR) is 51.4 cm³/mol. The van der Waals surface area contributed by atoms with Gasteiger partial charge in [-0.1, -0.05) is 18.7 Å². The fourth-order valence-electron chi connectivity index (χ4n) is 1.93. The van der Waals surface area contributed by atoms with Crippen LogP contribution in [0.1, 0.15) is 19.8 Å². The maximum absolute atomic E-state index is 11.7. The molecule has 0 aromatic heterocycles. The van der Waals surface area contributed by atoms with E-state index < -0.39 is 0 Å². The van der Waals surface area contributed by atoms with Crippen molar-refractivity contribution in [2.24, 2.45) is 5.92 Å². The quantitative estimate of drug-likeness (QED) is 0.581. The van der Waals surface area contributed by atoms with Gasteiger partial charge in [-0.2, -0.15) is 0 Å². The van der Waals surface area contributed by atoms with Crippen molar-refractivity contribution in [1.29, 1.82) is 0 Å². The molecule has 2 rings (SSSR count). The molecule has 0 radical (unpaired) electrons. The Morgan fingerprint density at radius 1 is 1.46 bits per heavy atom. The van der Waals surface area contributed by atoms with E-state index in [0.29, 0.717) is 5.75 Å². The molecular formula is C9H13NO2S. The molecule has 2 fully saturated rings. The number of amides is 1. The lowest BCUT2D eigenvalue weighted by atomic mass is 10.1. The van der Waals surface area contributed by atoms with Crippen molar-refractivity contribution in [3.05, 3.63) is 0 Å². The minimum Gasteiger partial charge on any atom is -0.331 e. The van der Waals surface area contributed by atoms with E-state index in [-0.39, 0.29) is 23.0 Å². The highest BCUT2D eigenvalue weighted by molar-refractivity contribution is 8.13. The fraction of sp³-hybridized carbons (Fsp3) is 0.778. The number of carbonyl (C=O) groups excluding carboxylic acids is 2. The number of fused-ring (bicyclic) bond motifs is 1. The Bertz CT molecular complexity index is 254. The Morgan fingerprint density at radius 2 is 2.23 bits per heavy atom. The van der Waals surface area contributed by atoms with Crippen molar-refractivity contribution in [2.75, 3.05) is 12.3 Å². The SMILES string of the molecule is C[C@H]1CSC(=O)[C@H]2CCCN2C1=O.